The van der Waals surface area contributed by atoms with Crippen LogP contribution in [0.4, 0.5) is 0 Å². The fraction of sp³-hybridized carbons (Fsp3) is 0.333. The van der Waals surface area contributed by atoms with Gasteiger partial charge in [-0.2, -0.15) is 0 Å². The molecule has 0 bridgehead atoms. The Hall–Kier alpha value is -1.84. The molecule has 1 aromatic carbocycles. The lowest BCUT2D eigenvalue weighted by atomic mass is 10.1. The van der Waals surface area contributed by atoms with Gasteiger partial charge in [0.15, 0.2) is 0 Å². The molecule has 0 aliphatic carbocycles. The van der Waals surface area contributed by atoms with Crippen molar-refractivity contribution < 1.29 is 19.1 Å². The molecule has 0 aliphatic rings. The summed E-state index contributed by atoms with van der Waals surface area (Å²) in [7, 11) is 0. The minimum atomic E-state index is -0.874. The van der Waals surface area contributed by atoms with Gasteiger partial charge < -0.3 is 9.47 Å². The van der Waals surface area contributed by atoms with Gasteiger partial charge in [-0.15, -0.1) is 0 Å². The highest BCUT2D eigenvalue weighted by atomic mass is 16.7. The Kier molecular flexibility index (Phi) is 5.05. The third kappa shape index (κ3) is 4.59. The summed E-state index contributed by atoms with van der Waals surface area (Å²) in [6, 6.07) is 9.61. The van der Waals surface area contributed by atoms with Gasteiger partial charge in [0.25, 0.3) is 0 Å². The first-order valence-electron chi connectivity index (χ1n) is 4.98. The fourth-order valence-electron chi connectivity index (χ4n) is 1.23. The van der Waals surface area contributed by atoms with Crippen LogP contribution in [0.2, 0.25) is 0 Å². The lowest BCUT2D eigenvalue weighted by molar-refractivity contribution is -0.162. The van der Waals surface area contributed by atoms with Crippen molar-refractivity contribution in [1.82, 2.24) is 0 Å². The van der Waals surface area contributed by atoms with Crippen molar-refractivity contribution in [3.8, 4) is 0 Å². The molecule has 0 heterocycles. The highest BCUT2D eigenvalue weighted by Gasteiger charge is 2.09. The molecule has 0 aliphatic heterocycles. The largest absolute Gasteiger partial charge is 0.425 e. The zero-order valence-corrected chi connectivity index (χ0v) is 9.01. The zero-order valence-electron chi connectivity index (χ0n) is 9.01. The number of carbonyl (C=O) groups excluding carboxylic acids is 2. The molecule has 1 unspecified atom stereocenters. The van der Waals surface area contributed by atoms with E-state index >= 15 is 0 Å². The van der Waals surface area contributed by atoms with E-state index in [1.165, 1.54) is 13.4 Å². The number of esters is 1. The summed E-state index contributed by atoms with van der Waals surface area (Å²) in [5.74, 6) is -0.397. The lowest BCUT2D eigenvalue weighted by Gasteiger charge is -2.09. The molecule has 0 amide bonds. The summed E-state index contributed by atoms with van der Waals surface area (Å²) in [5.41, 5.74) is 1.06. The van der Waals surface area contributed by atoms with Crippen molar-refractivity contribution in [1.29, 1.82) is 0 Å². The van der Waals surface area contributed by atoms with Crippen molar-refractivity contribution in [2.45, 2.75) is 26.1 Å². The molecule has 4 nitrogen and oxygen atoms in total. The van der Waals surface area contributed by atoms with Crippen LogP contribution in [0.15, 0.2) is 30.3 Å². The van der Waals surface area contributed by atoms with Crippen LogP contribution in [0.5, 0.6) is 0 Å². The van der Waals surface area contributed by atoms with E-state index in [0.717, 1.165) is 5.56 Å². The van der Waals surface area contributed by atoms with E-state index in [0.29, 0.717) is 6.42 Å². The van der Waals surface area contributed by atoms with Crippen LogP contribution >= 0.6 is 0 Å². The van der Waals surface area contributed by atoms with Crippen molar-refractivity contribution in [2.24, 2.45) is 0 Å². The molecule has 0 saturated heterocycles. The van der Waals surface area contributed by atoms with Crippen LogP contribution in [0.3, 0.4) is 0 Å². The first kappa shape index (κ1) is 12.2. The molecule has 0 spiro atoms. The normalized spacial score (nSPS) is 11.6. The molecule has 85 valence electrons. The monoisotopic (exact) mass is 221 g/mol. The smallest absolute Gasteiger partial charge is 0.420 e. The number of aryl methyl sites for hydroxylation is 1. The summed E-state index contributed by atoms with van der Waals surface area (Å²) in [4.78, 5) is 21.1. The maximum atomic E-state index is 11.3. The highest BCUT2D eigenvalue weighted by Crippen LogP contribution is 2.04. The molecular formula is C12H13O4. The maximum Gasteiger partial charge on any atom is 0.420 e. The third-order valence-corrected chi connectivity index (χ3v) is 1.97. The SMILES string of the molecule is CC(O[C]=O)OC(=O)CCc1ccccc1. The first-order valence-corrected chi connectivity index (χ1v) is 4.98. The lowest BCUT2D eigenvalue weighted by Crippen LogP contribution is -2.17. The van der Waals surface area contributed by atoms with Crippen molar-refractivity contribution in [3.05, 3.63) is 35.9 Å². The summed E-state index contributed by atoms with van der Waals surface area (Å²) >= 11 is 0. The molecular weight excluding hydrogens is 208 g/mol. The van der Waals surface area contributed by atoms with Crippen LogP contribution in [-0.4, -0.2) is 18.7 Å². The van der Waals surface area contributed by atoms with Crippen molar-refractivity contribution >= 4 is 12.4 Å². The Morgan fingerprint density at radius 3 is 2.69 bits per heavy atom. The molecule has 1 rings (SSSR count). The van der Waals surface area contributed by atoms with E-state index in [9.17, 15) is 9.59 Å². The minimum Gasteiger partial charge on any atom is -0.425 e. The van der Waals surface area contributed by atoms with Gasteiger partial charge in [-0.05, 0) is 12.0 Å². The summed E-state index contributed by atoms with van der Waals surface area (Å²) in [6.07, 6.45) is -0.00547. The van der Waals surface area contributed by atoms with Gasteiger partial charge in [0, 0.05) is 13.3 Å². The highest BCUT2D eigenvalue weighted by molar-refractivity contribution is 5.69. The Morgan fingerprint density at radius 2 is 2.06 bits per heavy atom. The zero-order chi connectivity index (χ0) is 11.8. The Balaban J connectivity index is 2.28. The fourth-order valence-corrected chi connectivity index (χ4v) is 1.23. The summed E-state index contributed by atoms with van der Waals surface area (Å²) in [6.45, 7) is 2.68. The van der Waals surface area contributed by atoms with Crippen LogP contribution in [0.1, 0.15) is 18.9 Å². The predicted molar refractivity (Wildman–Crippen MR) is 57.1 cm³/mol. The van der Waals surface area contributed by atoms with Gasteiger partial charge in [-0.1, -0.05) is 30.3 Å². The molecule has 0 aromatic heterocycles. The van der Waals surface area contributed by atoms with E-state index in [2.05, 4.69) is 4.74 Å². The number of hydrogen-bond donors (Lipinski definition) is 0. The topological polar surface area (TPSA) is 52.6 Å². The third-order valence-electron chi connectivity index (χ3n) is 1.97. The average molecular weight is 221 g/mol. The molecule has 0 saturated carbocycles. The molecule has 4 heteroatoms. The maximum absolute atomic E-state index is 11.3. The average Bonchev–Trinajstić information content (AvgIpc) is 2.28. The summed E-state index contributed by atoms with van der Waals surface area (Å²) in [5, 5.41) is 0. The Morgan fingerprint density at radius 1 is 1.38 bits per heavy atom. The Bertz CT molecular complexity index is 334. The molecule has 1 radical (unpaired) electrons. The molecule has 0 fully saturated rings. The number of ether oxygens (including phenoxy) is 2. The van der Waals surface area contributed by atoms with Crippen LogP contribution in [-0.2, 0) is 25.5 Å². The Labute approximate surface area is 94.2 Å². The standard InChI is InChI=1S/C12H13O4/c1-10(15-9-13)16-12(14)8-7-11-5-3-2-4-6-11/h2-6,10H,7-8H2,1H3. The molecule has 0 N–H and O–H groups in total. The molecule has 1 atom stereocenters. The van der Waals surface area contributed by atoms with Crippen LogP contribution in [0, 0.1) is 0 Å². The molecule has 1 aromatic rings. The van der Waals surface area contributed by atoms with Gasteiger partial charge in [0.05, 0.1) is 0 Å². The van der Waals surface area contributed by atoms with Gasteiger partial charge >= 0.3 is 12.4 Å². The van der Waals surface area contributed by atoms with Crippen molar-refractivity contribution in [2.75, 3.05) is 0 Å². The number of carbonyl (C=O) groups is 1. The quantitative estimate of drug-likeness (QED) is 0.540. The van der Waals surface area contributed by atoms with E-state index in [1.54, 1.807) is 0 Å². The second-order valence-corrected chi connectivity index (χ2v) is 3.24. The van der Waals surface area contributed by atoms with E-state index in [1.807, 2.05) is 30.3 Å². The van der Waals surface area contributed by atoms with Crippen molar-refractivity contribution in [3.63, 3.8) is 0 Å². The number of benzene rings is 1. The number of rotatable bonds is 6. The van der Waals surface area contributed by atoms with Gasteiger partial charge in [-0.3, -0.25) is 4.79 Å². The van der Waals surface area contributed by atoms with E-state index in [4.69, 9.17) is 4.74 Å². The first-order chi connectivity index (χ1) is 7.72. The molecule has 16 heavy (non-hydrogen) atoms. The van der Waals surface area contributed by atoms with Gasteiger partial charge in [-0.25, -0.2) is 4.79 Å². The minimum absolute atomic E-state index is 0.260. The summed E-state index contributed by atoms with van der Waals surface area (Å²) < 4.78 is 9.10. The second-order valence-electron chi connectivity index (χ2n) is 3.24. The van der Waals surface area contributed by atoms with E-state index in [-0.39, 0.29) is 6.42 Å². The van der Waals surface area contributed by atoms with Crippen LogP contribution < -0.4 is 0 Å². The number of hydrogen-bond acceptors (Lipinski definition) is 4. The van der Waals surface area contributed by atoms with Crippen LogP contribution in [0.25, 0.3) is 0 Å². The second kappa shape index (κ2) is 6.61. The van der Waals surface area contributed by atoms with Gasteiger partial charge in [0.2, 0.25) is 6.29 Å². The van der Waals surface area contributed by atoms with Gasteiger partial charge in [0.1, 0.15) is 0 Å². The predicted octanol–water partition coefficient (Wildman–Crippen LogP) is 1.59. The van der Waals surface area contributed by atoms with E-state index < -0.39 is 12.3 Å².